The van der Waals surface area contributed by atoms with E-state index < -0.39 is 0 Å². The molecule has 2 aromatic heterocycles. The highest BCUT2D eigenvalue weighted by Crippen LogP contribution is 2.17. The second kappa shape index (κ2) is 4.67. The molecule has 5 heteroatoms. The van der Waals surface area contributed by atoms with Crippen LogP contribution in [0.4, 0.5) is 0 Å². The maximum atomic E-state index is 11.4. The van der Waals surface area contributed by atoms with Gasteiger partial charge in [-0.15, -0.1) is 11.6 Å². The van der Waals surface area contributed by atoms with Crippen molar-refractivity contribution in [1.29, 1.82) is 0 Å². The van der Waals surface area contributed by atoms with Crippen molar-refractivity contribution in [2.45, 2.75) is 19.7 Å². The lowest BCUT2D eigenvalue weighted by molar-refractivity contribution is 1.04. The van der Waals surface area contributed by atoms with Crippen LogP contribution >= 0.6 is 11.6 Å². The largest absolute Gasteiger partial charge is 0.305 e. The molecule has 0 saturated heterocycles. The van der Waals surface area contributed by atoms with Crippen LogP contribution in [0.5, 0.6) is 0 Å². The van der Waals surface area contributed by atoms with Crippen LogP contribution in [0, 0.1) is 13.8 Å². The number of aromatic nitrogens is 3. The third-order valence-electron chi connectivity index (χ3n) is 2.37. The molecule has 0 fully saturated rings. The van der Waals surface area contributed by atoms with E-state index in [9.17, 15) is 4.79 Å². The summed E-state index contributed by atoms with van der Waals surface area (Å²) in [6.45, 7) is 3.90. The van der Waals surface area contributed by atoms with E-state index in [-0.39, 0.29) is 11.4 Å². The predicted octanol–water partition coefficient (Wildman–Crippen LogP) is 2.19. The molecular formula is C12H12ClN3O. The van der Waals surface area contributed by atoms with Crippen LogP contribution in [0.15, 0.2) is 23.1 Å². The minimum atomic E-state index is -0.215. The molecule has 4 nitrogen and oxygen atoms in total. The molecule has 0 bridgehead atoms. The minimum Gasteiger partial charge on any atom is -0.305 e. The van der Waals surface area contributed by atoms with Gasteiger partial charge in [0.25, 0.3) is 5.56 Å². The van der Waals surface area contributed by atoms with E-state index in [2.05, 4.69) is 15.0 Å². The average molecular weight is 250 g/mol. The van der Waals surface area contributed by atoms with E-state index in [1.165, 1.54) is 6.07 Å². The molecule has 0 aliphatic carbocycles. The molecular weight excluding hydrogens is 238 g/mol. The third-order valence-corrected chi connectivity index (χ3v) is 2.64. The van der Waals surface area contributed by atoms with Crippen LogP contribution in [0.25, 0.3) is 11.5 Å². The average Bonchev–Trinajstić information content (AvgIpc) is 2.28. The van der Waals surface area contributed by atoms with Gasteiger partial charge in [0.1, 0.15) is 5.69 Å². The zero-order chi connectivity index (χ0) is 12.4. The molecule has 0 spiro atoms. The van der Waals surface area contributed by atoms with E-state index in [0.29, 0.717) is 17.2 Å². The Hall–Kier alpha value is -1.68. The molecule has 17 heavy (non-hydrogen) atoms. The minimum absolute atomic E-state index is 0.210. The first-order valence-electron chi connectivity index (χ1n) is 5.20. The summed E-state index contributed by atoms with van der Waals surface area (Å²) in [7, 11) is 0. The van der Waals surface area contributed by atoms with Crippen LogP contribution in [0.2, 0.25) is 0 Å². The highest BCUT2D eigenvalue weighted by atomic mass is 35.5. The Kier molecular flexibility index (Phi) is 3.24. The number of halogens is 1. The number of nitrogens with zero attached hydrogens (tertiary/aromatic N) is 2. The quantitative estimate of drug-likeness (QED) is 0.830. The van der Waals surface area contributed by atoms with Crippen LogP contribution in [-0.4, -0.2) is 15.0 Å². The van der Waals surface area contributed by atoms with Gasteiger partial charge in [-0.1, -0.05) is 6.07 Å². The van der Waals surface area contributed by atoms with Crippen LogP contribution in [0.1, 0.15) is 16.8 Å². The molecule has 2 rings (SSSR count). The fourth-order valence-corrected chi connectivity index (χ4v) is 1.79. The van der Waals surface area contributed by atoms with E-state index in [1.54, 1.807) is 6.20 Å². The topological polar surface area (TPSA) is 58.6 Å². The van der Waals surface area contributed by atoms with E-state index in [0.717, 1.165) is 11.1 Å². The fraction of sp³-hybridized carbons (Fsp3) is 0.250. The molecule has 0 aliphatic rings. The summed E-state index contributed by atoms with van der Waals surface area (Å²) in [5.74, 6) is 0.674. The molecule has 88 valence electrons. The molecule has 2 aromatic rings. The first kappa shape index (κ1) is 11.8. The summed E-state index contributed by atoms with van der Waals surface area (Å²) >= 11 is 5.69. The number of H-pyrrole nitrogens is 1. The Morgan fingerprint density at radius 2 is 2.12 bits per heavy atom. The second-order valence-electron chi connectivity index (χ2n) is 3.90. The molecule has 0 atom stereocenters. The number of pyridine rings is 1. The van der Waals surface area contributed by atoms with Crippen molar-refractivity contribution in [1.82, 2.24) is 15.0 Å². The van der Waals surface area contributed by atoms with Gasteiger partial charge in [-0.25, -0.2) is 4.98 Å². The van der Waals surface area contributed by atoms with Gasteiger partial charge in [-0.3, -0.25) is 9.78 Å². The number of hydrogen-bond acceptors (Lipinski definition) is 3. The summed E-state index contributed by atoms with van der Waals surface area (Å²) in [6, 6.07) is 3.38. The zero-order valence-corrected chi connectivity index (χ0v) is 10.4. The van der Waals surface area contributed by atoms with E-state index in [4.69, 9.17) is 11.6 Å². The predicted molar refractivity (Wildman–Crippen MR) is 67.1 cm³/mol. The lowest BCUT2D eigenvalue weighted by atomic mass is 10.1. The number of rotatable bonds is 2. The third kappa shape index (κ3) is 2.53. The van der Waals surface area contributed by atoms with Gasteiger partial charge in [0.05, 0.1) is 11.6 Å². The summed E-state index contributed by atoms with van der Waals surface area (Å²) in [6.07, 6.45) is 1.75. The number of hydrogen-bond donors (Lipinski definition) is 1. The Balaban J connectivity index is 2.60. The monoisotopic (exact) mass is 249 g/mol. The van der Waals surface area contributed by atoms with Gasteiger partial charge in [-0.05, 0) is 25.0 Å². The highest BCUT2D eigenvalue weighted by molar-refractivity contribution is 6.16. The normalized spacial score (nSPS) is 10.5. The number of aromatic amines is 1. The smallest absolute Gasteiger partial charge is 0.251 e. The standard InChI is InChI=1S/C12H12ClN3O/c1-7-3-8(2)11(14-6-7)12-15-9(5-13)4-10(17)16-12/h3-4,6H,5H2,1-2H3,(H,15,16,17). The highest BCUT2D eigenvalue weighted by Gasteiger charge is 2.08. The van der Waals surface area contributed by atoms with E-state index >= 15 is 0 Å². The number of nitrogens with one attached hydrogen (secondary N) is 1. The molecule has 2 heterocycles. The second-order valence-corrected chi connectivity index (χ2v) is 4.16. The maximum absolute atomic E-state index is 11.4. The Morgan fingerprint density at radius 3 is 2.76 bits per heavy atom. The van der Waals surface area contributed by atoms with Crippen molar-refractivity contribution in [3.8, 4) is 11.5 Å². The fourth-order valence-electron chi connectivity index (χ4n) is 1.65. The zero-order valence-electron chi connectivity index (χ0n) is 9.62. The Bertz CT molecular complexity index is 607. The maximum Gasteiger partial charge on any atom is 0.251 e. The summed E-state index contributed by atoms with van der Waals surface area (Å²) in [4.78, 5) is 22.7. The van der Waals surface area contributed by atoms with Crippen molar-refractivity contribution < 1.29 is 0 Å². The lowest BCUT2D eigenvalue weighted by Gasteiger charge is -2.05. The van der Waals surface area contributed by atoms with Crippen LogP contribution < -0.4 is 5.56 Å². The van der Waals surface area contributed by atoms with Crippen molar-refractivity contribution >= 4 is 11.6 Å². The Morgan fingerprint density at radius 1 is 1.35 bits per heavy atom. The SMILES string of the molecule is Cc1cnc(-c2nc(CCl)cc(=O)[nH]2)c(C)c1. The molecule has 0 radical (unpaired) electrons. The van der Waals surface area contributed by atoms with Crippen molar-refractivity contribution in [3.63, 3.8) is 0 Å². The molecule has 0 saturated carbocycles. The van der Waals surface area contributed by atoms with Gasteiger partial charge < -0.3 is 4.98 Å². The van der Waals surface area contributed by atoms with Gasteiger partial charge in [-0.2, -0.15) is 0 Å². The summed E-state index contributed by atoms with van der Waals surface area (Å²) in [5.41, 5.74) is 3.06. The summed E-state index contributed by atoms with van der Waals surface area (Å²) in [5, 5.41) is 0. The molecule has 0 unspecified atom stereocenters. The van der Waals surface area contributed by atoms with Gasteiger partial charge >= 0.3 is 0 Å². The first-order valence-corrected chi connectivity index (χ1v) is 5.73. The van der Waals surface area contributed by atoms with Crippen molar-refractivity contribution in [2.75, 3.05) is 0 Å². The van der Waals surface area contributed by atoms with Crippen molar-refractivity contribution in [2.24, 2.45) is 0 Å². The lowest BCUT2D eigenvalue weighted by Crippen LogP contribution is -2.10. The van der Waals surface area contributed by atoms with E-state index in [1.807, 2.05) is 19.9 Å². The van der Waals surface area contributed by atoms with Gasteiger partial charge in [0.2, 0.25) is 0 Å². The first-order chi connectivity index (χ1) is 8.10. The molecule has 0 aromatic carbocycles. The van der Waals surface area contributed by atoms with Crippen molar-refractivity contribution in [3.05, 3.63) is 45.5 Å². The molecule has 1 N–H and O–H groups in total. The number of alkyl halides is 1. The Labute approximate surface area is 104 Å². The summed E-state index contributed by atoms with van der Waals surface area (Å²) < 4.78 is 0. The number of aryl methyl sites for hydroxylation is 2. The molecule has 0 amide bonds. The van der Waals surface area contributed by atoms with Gasteiger partial charge in [0.15, 0.2) is 5.82 Å². The van der Waals surface area contributed by atoms with Crippen LogP contribution in [0.3, 0.4) is 0 Å². The molecule has 0 aliphatic heterocycles. The van der Waals surface area contributed by atoms with Crippen LogP contribution in [-0.2, 0) is 5.88 Å². The van der Waals surface area contributed by atoms with Gasteiger partial charge in [0, 0.05) is 12.3 Å².